The first kappa shape index (κ1) is 14.1. The zero-order chi connectivity index (χ0) is 13.8. The molecule has 0 aromatic carbocycles. The van der Waals surface area contributed by atoms with Crippen molar-refractivity contribution in [3.8, 4) is 0 Å². The van der Waals surface area contributed by atoms with Crippen LogP contribution in [0.2, 0.25) is 0 Å². The second kappa shape index (κ2) is 6.19. The summed E-state index contributed by atoms with van der Waals surface area (Å²) in [5.74, 6) is 0.711. The minimum Gasteiger partial charge on any atom is -0.312 e. The number of H-pyrrole nitrogens is 1. The summed E-state index contributed by atoms with van der Waals surface area (Å²) in [6.45, 7) is 5.36. The van der Waals surface area contributed by atoms with Crippen LogP contribution < -0.4 is 16.6 Å². The number of hydrogen-bond acceptors (Lipinski definition) is 3. The molecule has 5 nitrogen and oxygen atoms in total. The van der Waals surface area contributed by atoms with Gasteiger partial charge < -0.3 is 5.32 Å². The Kier molecular flexibility index (Phi) is 4.58. The van der Waals surface area contributed by atoms with Crippen molar-refractivity contribution < 1.29 is 0 Å². The van der Waals surface area contributed by atoms with E-state index in [4.69, 9.17) is 0 Å². The molecule has 1 saturated carbocycles. The molecular formula is C14H23N3O2. The van der Waals surface area contributed by atoms with Gasteiger partial charge in [0.1, 0.15) is 0 Å². The van der Waals surface area contributed by atoms with Crippen molar-refractivity contribution in [1.29, 1.82) is 0 Å². The van der Waals surface area contributed by atoms with E-state index in [0.29, 0.717) is 24.1 Å². The Balaban J connectivity index is 1.90. The molecule has 2 atom stereocenters. The summed E-state index contributed by atoms with van der Waals surface area (Å²) in [7, 11) is 0. The standard InChI is InChI=1S/C14H23N3O2/c1-10-5-3-4-6-12(10)15-7-8-17-9-11(2)13(18)16-14(17)19/h9-10,12,15H,3-8H2,1-2H3,(H,16,18,19). The van der Waals surface area contributed by atoms with Crippen molar-refractivity contribution in [3.63, 3.8) is 0 Å². The van der Waals surface area contributed by atoms with Gasteiger partial charge in [-0.3, -0.25) is 14.3 Å². The molecule has 1 aromatic heterocycles. The average molecular weight is 265 g/mol. The molecule has 1 fully saturated rings. The van der Waals surface area contributed by atoms with Crippen LogP contribution in [0.5, 0.6) is 0 Å². The van der Waals surface area contributed by atoms with E-state index in [2.05, 4.69) is 17.2 Å². The topological polar surface area (TPSA) is 66.9 Å². The summed E-state index contributed by atoms with van der Waals surface area (Å²) in [5.41, 5.74) is -0.0464. The van der Waals surface area contributed by atoms with Crippen LogP contribution in [-0.4, -0.2) is 22.1 Å². The van der Waals surface area contributed by atoms with Crippen LogP contribution in [-0.2, 0) is 6.54 Å². The summed E-state index contributed by atoms with van der Waals surface area (Å²) < 4.78 is 1.57. The number of nitrogens with zero attached hydrogens (tertiary/aromatic N) is 1. The average Bonchev–Trinajstić information content (AvgIpc) is 2.38. The highest BCUT2D eigenvalue weighted by Crippen LogP contribution is 2.23. The van der Waals surface area contributed by atoms with E-state index < -0.39 is 0 Å². The molecule has 19 heavy (non-hydrogen) atoms. The smallest absolute Gasteiger partial charge is 0.312 e. The quantitative estimate of drug-likeness (QED) is 0.854. The van der Waals surface area contributed by atoms with Gasteiger partial charge in [0.15, 0.2) is 0 Å². The third-order valence-corrected chi connectivity index (χ3v) is 4.06. The van der Waals surface area contributed by atoms with E-state index in [0.717, 1.165) is 6.54 Å². The van der Waals surface area contributed by atoms with Crippen molar-refractivity contribution in [3.05, 3.63) is 32.6 Å². The zero-order valence-corrected chi connectivity index (χ0v) is 11.7. The first-order valence-electron chi connectivity index (χ1n) is 7.11. The molecule has 1 aromatic rings. The second-order valence-corrected chi connectivity index (χ2v) is 5.59. The summed E-state index contributed by atoms with van der Waals surface area (Å²) in [4.78, 5) is 25.2. The molecule has 2 N–H and O–H groups in total. The van der Waals surface area contributed by atoms with Crippen LogP contribution in [0.25, 0.3) is 0 Å². The molecule has 2 unspecified atom stereocenters. The zero-order valence-electron chi connectivity index (χ0n) is 11.7. The van der Waals surface area contributed by atoms with Crippen LogP contribution in [0.3, 0.4) is 0 Å². The fourth-order valence-corrected chi connectivity index (χ4v) is 2.77. The maximum atomic E-state index is 11.6. The fraction of sp³-hybridized carbons (Fsp3) is 0.714. The van der Waals surface area contributed by atoms with Crippen molar-refractivity contribution in [1.82, 2.24) is 14.9 Å². The first-order valence-corrected chi connectivity index (χ1v) is 7.11. The highest BCUT2D eigenvalue weighted by molar-refractivity contribution is 5.00. The van der Waals surface area contributed by atoms with Crippen molar-refractivity contribution in [2.24, 2.45) is 5.92 Å². The minimum atomic E-state index is -0.325. The number of nitrogens with one attached hydrogen (secondary N) is 2. The highest BCUT2D eigenvalue weighted by atomic mass is 16.2. The number of hydrogen-bond donors (Lipinski definition) is 2. The number of aryl methyl sites for hydroxylation is 1. The SMILES string of the molecule is Cc1cn(CCNC2CCCCC2C)c(=O)[nH]c1=O. The molecule has 5 heteroatoms. The Morgan fingerprint density at radius 3 is 2.84 bits per heavy atom. The van der Waals surface area contributed by atoms with Gasteiger partial charge in [-0.1, -0.05) is 19.8 Å². The van der Waals surface area contributed by atoms with E-state index in [9.17, 15) is 9.59 Å². The summed E-state index contributed by atoms with van der Waals surface area (Å²) in [6.07, 6.45) is 6.76. The van der Waals surface area contributed by atoms with Gasteiger partial charge >= 0.3 is 5.69 Å². The lowest BCUT2D eigenvalue weighted by molar-refractivity contribution is 0.278. The van der Waals surface area contributed by atoms with Gasteiger partial charge in [-0.15, -0.1) is 0 Å². The van der Waals surface area contributed by atoms with Crippen LogP contribution in [0.15, 0.2) is 15.8 Å². The Morgan fingerprint density at radius 2 is 2.11 bits per heavy atom. The molecule has 0 radical (unpaired) electrons. The number of aromatic nitrogens is 2. The molecule has 0 spiro atoms. The third kappa shape index (κ3) is 3.56. The monoisotopic (exact) mass is 265 g/mol. The molecule has 0 aliphatic heterocycles. The second-order valence-electron chi connectivity index (χ2n) is 5.59. The first-order chi connectivity index (χ1) is 9.08. The molecule has 0 bridgehead atoms. The van der Waals surface area contributed by atoms with Crippen LogP contribution in [0.4, 0.5) is 0 Å². The van der Waals surface area contributed by atoms with Crippen LogP contribution >= 0.6 is 0 Å². The minimum absolute atomic E-state index is 0.296. The Labute approximate surface area is 113 Å². The van der Waals surface area contributed by atoms with E-state index in [1.165, 1.54) is 25.7 Å². The molecule has 0 amide bonds. The molecule has 1 aliphatic rings. The Bertz CT molecular complexity index is 532. The van der Waals surface area contributed by atoms with Gasteiger partial charge in [-0.25, -0.2) is 4.79 Å². The normalized spacial score (nSPS) is 23.5. The summed E-state index contributed by atoms with van der Waals surface area (Å²) in [5, 5.41) is 3.53. The van der Waals surface area contributed by atoms with Gasteiger partial charge in [-0.2, -0.15) is 0 Å². The largest absolute Gasteiger partial charge is 0.328 e. The van der Waals surface area contributed by atoms with Crippen molar-refractivity contribution in [2.45, 2.75) is 52.1 Å². The molecular weight excluding hydrogens is 242 g/mol. The summed E-state index contributed by atoms with van der Waals surface area (Å²) in [6, 6.07) is 0.563. The van der Waals surface area contributed by atoms with Crippen molar-refractivity contribution >= 4 is 0 Å². The van der Waals surface area contributed by atoms with E-state index in [1.54, 1.807) is 17.7 Å². The van der Waals surface area contributed by atoms with Crippen LogP contribution in [0, 0.1) is 12.8 Å². The third-order valence-electron chi connectivity index (χ3n) is 4.06. The molecule has 106 valence electrons. The van der Waals surface area contributed by atoms with Gasteiger partial charge in [0.25, 0.3) is 5.56 Å². The molecule has 1 heterocycles. The molecule has 0 saturated heterocycles. The number of aromatic amines is 1. The maximum absolute atomic E-state index is 11.6. The van der Waals surface area contributed by atoms with E-state index in [-0.39, 0.29) is 11.2 Å². The maximum Gasteiger partial charge on any atom is 0.328 e. The van der Waals surface area contributed by atoms with E-state index in [1.807, 2.05) is 0 Å². The van der Waals surface area contributed by atoms with Crippen LogP contribution in [0.1, 0.15) is 38.2 Å². The fourth-order valence-electron chi connectivity index (χ4n) is 2.77. The van der Waals surface area contributed by atoms with Gasteiger partial charge in [0.05, 0.1) is 0 Å². The van der Waals surface area contributed by atoms with Crippen molar-refractivity contribution in [2.75, 3.05) is 6.54 Å². The number of rotatable bonds is 4. The van der Waals surface area contributed by atoms with Gasteiger partial charge in [-0.05, 0) is 25.7 Å². The Hall–Kier alpha value is -1.36. The highest BCUT2D eigenvalue weighted by Gasteiger charge is 2.20. The predicted octanol–water partition coefficient (Wildman–Crippen LogP) is 1.01. The van der Waals surface area contributed by atoms with Gasteiger partial charge in [0, 0.05) is 30.9 Å². The lowest BCUT2D eigenvalue weighted by atomic mass is 9.86. The van der Waals surface area contributed by atoms with Gasteiger partial charge in [0.2, 0.25) is 0 Å². The Morgan fingerprint density at radius 1 is 1.37 bits per heavy atom. The summed E-state index contributed by atoms with van der Waals surface area (Å²) >= 11 is 0. The lowest BCUT2D eigenvalue weighted by Gasteiger charge is -2.29. The lowest BCUT2D eigenvalue weighted by Crippen LogP contribution is -2.40. The van der Waals surface area contributed by atoms with E-state index >= 15 is 0 Å². The molecule has 1 aliphatic carbocycles. The predicted molar refractivity (Wildman–Crippen MR) is 75.5 cm³/mol. The molecule has 2 rings (SSSR count).